The van der Waals surface area contributed by atoms with Crippen molar-refractivity contribution in [2.24, 2.45) is 0 Å². The molecule has 106 valence electrons. The molecule has 2 heterocycles. The van der Waals surface area contributed by atoms with E-state index >= 15 is 0 Å². The van der Waals surface area contributed by atoms with Crippen molar-refractivity contribution in [2.75, 3.05) is 18.4 Å². The number of anilines is 1. The summed E-state index contributed by atoms with van der Waals surface area (Å²) < 4.78 is 4.63. The highest BCUT2D eigenvalue weighted by atomic mass is 16.6. The first-order chi connectivity index (χ1) is 9.75. The molecule has 0 amide bonds. The normalized spacial score (nSPS) is 19.1. The van der Waals surface area contributed by atoms with E-state index in [0.717, 1.165) is 19.5 Å². The second-order valence-corrected chi connectivity index (χ2v) is 4.88. The Morgan fingerprint density at radius 3 is 3.00 bits per heavy atom. The summed E-state index contributed by atoms with van der Waals surface area (Å²) in [6, 6.07) is 3.48. The molecule has 3 rings (SSSR count). The molecule has 1 atom stereocenters. The van der Waals surface area contributed by atoms with Gasteiger partial charge in [0.1, 0.15) is 0 Å². The molecular formula is C12H15N5O3. The Bertz CT molecular complexity index is 621. The van der Waals surface area contributed by atoms with Crippen molar-refractivity contribution >= 4 is 22.4 Å². The molecule has 1 unspecified atom stereocenters. The molecule has 2 N–H and O–H groups in total. The molecule has 1 saturated heterocycles. The predicted molar refractivity (Wildman–Crippen MR) is 72.6 cm³/mol. The average Bonchev–Trinajstić information content (AvgIpc) is 2.95. The summed E-state index contributed by atoms with van der Waals surface area (Å²) in [6.07, 6.45) is 3.56. The van der Waals surface area contributed by atoms with Crippen molar-refractivity contribution in [3.8, 4) is 0 Å². The van der Waals surface area contributed by atoms with Crippen molar-refractivity contribution in [3.05, 3.63) is 22.2 Å². The van der Waals surface area contributed by atoms with Crippen LogP contribution in [0.5, 0.6) is 0 Å². The highest BCUT2D eigenvalue weighted by Crippen LogP contribution is 2.28. The monoisotopic (exact) mass is 277 g/mol. The van der Waals surface area contributed by atoms with Gasteiger partial charge in [-0.2, -0.15) is 0 Å². The van der Waals surface area contributed by atoms with Gasteiger partial charge in [0.05, 0.1) is 10.6 Å². The molecule has 2 aromatic rings. The summed E-state index contributed by atoms with van der Waals surface area (Å²) >= 11 is 0. The number of rotatable bonds is 4. The van der Waals surface area contributed by atoms with Gasteiger partial charge in [-0.1, -0.05) is 6.42 Å². The Kier molecular flexibility index (Phi) is 3.46. The lowest BCUT2D eigenvalue weighted by molar-refractivity contribution is -0.383. The lowest BCUT2D eigenvalue weighted by atomic mass is 10.1. The zero-order valence-corrected chi connectivity index (χ0v) is 10.8. The van der Waals surface area contributed by atoms with Crippen LogP contribution in [-0.4, -0.2) is 34.4 Å². The van der Waals surface area contributed by atoms with E-state index in [-0.39, 0.29) is 11.2 Å². The van der Waals surface area contributed by atoms with Crippen molar-refractivity contribution in [1.29, 1.82) is 0 Å². The van der Waals surface area contributed by atoms with Gasteiger partial charge in [-0.3, -0.25) is 10.1 Å². The summed E-state index contributed by atoms with van der Waals surface area (Å²) in [5.74, 6) is 0. The van der Waals surface area contributed by atoms with E-state index in [2.05, 4.69) is 25.6 Å². The number of benzene rings is 1. The van der Waals surface area contributed by atoms with Crippen molar-refractivity contribution < 1.29 is 9.55 Å². The molecular weight excluding hydrogens is 262 g/mol. The first-order valence-corrected chi connectivity index (χ1v) is 6.62. The molecule has 0 spiro atoms. The first kappa shape index (κ1) is 12.8. The smallest absolute Gasteiger partial charge is 0.300 e. The van der Waals surface area contributed by atoms with Gasteiger partial charge in [0.15, 0.2) is 5.52 Å². The van der Waals surface area contributed by atoms with Crippen LogP contribution >= 0.6 is 0 Å². The Morgan fingerprint density at radius 2 is 2.25 bits per heavy atom. The third-order valence-corrected chi connectivity index (χ3v) is 3.54. The van der Waals surface area contributed by atoms with Crippen LogP contribution in [0.4, 0.5) is 11.4 Å². The minimum Gasteiger partial charge on any atom is -0.382 e. The number of nitrogens with zero attached hydrogens (tertiary/aromatic N) is 3. The number of piperidine rings is 1. The fourth-order valence-electron chi connectivity index (χ4n) is 2.47. The van der Waals surface area contributed by atoms with Crippen LogP contribution < -0.4 is 10.6 Å². The summed E-state index contributed by atoms with van der Waals surface area (Å²) in [4.78, 5) is 10.4. The number of nitrogens with one attached hydrogen (secondary N) is 2. The minimum atomic E-state index is -0.487. The van der Waals surface area contributed by atoms with Crippen LogP contribution in [0.3, 0.4) is 0 Å². The van der Waals surface area contributed by atoms with Crippen molar-refractivity contribution in [3.63, 3.8) is 0 Å². The molecule has 8 nitrogen and oxygen atoms in total. The van der Waals surface area contributed by atoms with E-state index in [9.17, 15) is 10.1 Å². The van der Waals surface area contributed by atoms with E-state index in [4.69, 9.17) is 0 Å². The van der Waals surface area contributed by atoms with Gasteiger partial charge in [0.25, 0.3) is 0 Å². The fourth-order valence-corrected chi connectivity index (χ4v) is 2.47. The largest absolute Gasteiger partial charge is 0.382 e. The Morgan fingerprint density at radius 1 is 1.40 bits per heavy atom. The molecule has 1 aromatic carbocycles. The topological polar surface area (TPSA) is 106 Å². The number of fused-ring (bicyclic) bond motifs is 1. The van der Waals surface area contributed by atoms with Gasteiger partial charge in [0, 0.05) is 18.7 Å². The van der Waals surface area contributed by atoms with Gasteiger partial charge < -0.3 is 10.6 Å². The van der Waals surface area contributed by atoms with E-state index in [1.807, 2.05) is 0 Å². The van der Waals surface area contributed by atoms with E-state index < -0.39 is 4.92 Å². The molecule has 1 aromatic heterocycles. The van der Waals surface area contributed by atoms with Crippen LogP contribution in [0.15, 0.2) is 16.8 Å². The third kappa shape index (κ3) is 2.42. The Balaban J connectivity index is 1.79. The number of hydrogen-bond acceptors (Lipinski definition) is 7. The number of aromatic nitrogens is 2. The maximum absolute atomic E-state index is 10.9. The standard InChI is InChI=1S/C12H15N5O3/c18-17(19)10-5-4-9(11-12(10)16-20-15-11)14-7-8-3-1-2-6-13-8/h4-5,8,13-14H,1-3,6-7H2. The number of hydrogen-bond donors (Lipinski definition) is 2. The molecule has 20 heavy (non-hydrogen) atoms. The summed E-state index contributed by atoms with van der Waals surface area (Å²) in [5, 5.41) is 25.0. The van der Waals surface area contributed by atoms with Gasteiger partial charge in [0.2, 0.25) is 5.52 Å². The van der Waals surface area contributed by atoms with Crippen LogP contribution in [-0.2, 0) is 0 Å². The number of nitro benzene ring substituents is 1. The summed E-state index contributed by atoms with van der Waals surface area (Å²) in [5.41, 5.74) is 1.19. The SMILES string of the molecule is O=[N+]([O-])c1ccc(NCC2CCCCN2)c2nonc12. The summed E-state index contributed by atoms with van der Waals surface area (Å²) in [7, 11) is 0. The molecule has 0 saturated carbocycles. The quantitative estimate of drug-likeness (QED) is 0.646. The van der Waals surface area contributed by atoms with Gasteiger partial charge in [-0.25, -0.2) is 4.63 Å². The van der Waals surface area contributed by atoms with Crippen LogP contribution in [0.25, 0.3) is 11.0 Å². The molecule has 0 aliphatic carbocycles. The summed E-state index contributed by atoms with van der Waals surface area (Å²) in [6.45, 7) is 1.79. The third-order valence-electron chi connectivity index (χ3n) is 3.54. The van der Waals surface area contributed by atoms with E-state index in [1.54, 1.807) is 6.07 Å². The van der Waals surface area contributed by atoms with Crippen LogP contribution in [0, 0.1) is 10.1 Å². The van der Waals surface area contributed by atoms with Crippen molar-refractivity contribution in [2.45, 2.75) is 25.3 Å². The fraction of sp³-hybridized carbons (Fsp3) is 0.500. The molecule has 1 fully saturated rings. The molecule has 0 bridgehead atoms. The zero-order chi connectivity index (χ0) is 13.9. The minimum absolute atomic E-state index is 0.0948. The number of non-ortho nitro benzene ring substituents is 1. The van der Waals surface area contributed by atoms with E-state index in [1.165, 1.54) is 18.9 Å². The maximum Gasteiger partial charge on any atom is 0.300 e. The Hall–Kier alpha value is -2.22. The number of nitro groups is 1. The lowest BCUT2D eigenvalue weighted by Gasteiger charge is -2.24. The van der Waals surface area contributed by atoms with Gasteiger partial charge in [-0.15, -0.1) is 0 Å². The maximum atomic E-state index is 10.9. The highest BCUT2D eigenvalue weighted by molar-refractivity contribution is 5.93. The lowest BCUT2D eigenvalue weighted by Crippen LogP contribution is -2.39. The molecule has 1 aliphatic heterocycles. The molecule has 0 radical (unpaired) electrons. The highest BCUT2D eigenvalue weighted by Gasteiger charge is 2.20. The molecule has 1 aliphatic rings. The second kappa shape index (κ2) is 5.41. The predicted octanol–water partition coefficient (Wildman–Crippen LogP) is 1.68. The molecule has 8 heteroatoms. The van der Waals surface area contributed by atoms with Gasteiger partial charge >= 0.3 is 5.69 Å². The van der Waals surface area contributed by atoms with Crippen molar-refractivity contribution in [1.82, 2.24) is 15.6 Å². The van der Waals surface area contributed by atoms with Crippen LogP contribution in [0.2, 0.25) is 0 Å². The van der Waals surface area contributed by atoms with Crippen LogP contribution in [0.1, 0.15) is 19.3 Å². The van der Waals surface area contributed by atoms with Gasteiger partial charge in [-0.05, 0) is 35.8 Å². The Labute approximate surface area is 114 Å². The second-order valence-electron chi connectivity index (χ2n) is 4.88. The van der Waals surface area contributed by atoms with E-state index in [0.29, 0.717) is 17.2 Å². The zero-order valence-electron chi connectivity index (χ0n) is 10.8. The average molecular weight is 277 g/mol. The first-order valence-electron chi connectivity index (χ1n) is 6.62.